The van der Waals surface area contributed by atoms with Crippen molar-refractivity contribution >= 4 is 23.0 Å². The monoisotopic (exact) mass is 422 g/mol. The zero-order valence-corrected chi connectivity index (χ0v) is 17.6. The minimum absolute atomic E-state index is 0.147. The standard InChI is InChI=1S/C22H26N6O3/c1-13-10-17-18(11-16(13)23-15-2-3-15)28(9-8-27-6-4-14(12-29)5-7-27)20-19(24-17)21(30)26-22(31)25-20/h10-12,14-15,23H,2-9H2,1H3,(H,26,30,31). The number of aldehydes is 1. The van der Waals surface area contributed by atoms with Crippen molar-refractivity contribution < 1.29 is 4.79 Å². The molecule has 2 N–H and O–H groups in total. The van der Waals surface area contributed by atoms with Crippen molar-refractivity contribution in [1.29, 1.82) is 0 Å². The highest BCUT2D eigenvalue weighted by atomic mass is 16.2. The van der Waals surface area contributed by atoms with Crippen LogP contribution in [0.4, 0.5) is 5.69 Å². The van der Waals surface area contributed by atoms with E-state index in [1.165, 1.54) is 12.8 Å². The number of hydrogen-bond acceptors (Lipinski definition) is 7. The van der Waals surface area contributed by atoms with Crippen LogP contribution in [0, 0.1) is 12.8 Å². The molecule has 2 fully saturated rings. The molecule has 3 aliphatic heterocycles. The van der Waals surface area contributed by atoms with Crippen molar-refractivity contribution in [2.24, 2.45) is 5.92 Å². The molecule has 1 aliphatic carbocycles. The van der Waals surface area contributed by atoms with E-state index in [1.54, 1.807) is 0 Å². The second-order valence-electron chi connectivity index (χ2n) is 8.70. The maximum atomic E-state index is 12.4. The molecule has 1 saturated heterocycles. The average molecular weight is 422 g/mol. The third-order valence-corrected chi connectivity index (χ3v) is 6.36. The zero-order valence-electron chi connectivity index (χ0n) is 17.6. The van der Waals surface area contributed by atoms with Gasteiger partial charge in [0.15, 0.2) is 11.5 Å². The zero-order chi connectivity index (χ0) is 21.5. The SMILES string of the molecule is Cc1cc2nc3c(=O)[nH]c(=O)nc-3n(CCN3CCC(C=O)CC3)c2cc1NC1CC1. The van der Waals surface area contributed by atoms with Gasteiger partial charge in [-0.15, -0.1) is 0 Å². The quantitative estimate of drug-likeness (QED) is 0.456. The van der Waals surface area contributed by atoms with Crippen LogP contribution in [0.2, 0.25) is 0 Å². The van der Waals surface area contributed by atoms with E-state index in [1.807, 2.05) is 17.6 Å². The van der Waals surface area contributed by atoms with Gasteiger partial charge < -0.3 is 19.6 Å². The molecule has 31 heavy (non-hydrogen) atoms. The van der Waals surface area contributed by atoms with Gasteiger partial charge in [-0.25, -0.2) is 9.78 Å². The molecule has 0 atom stereocenters. The molecule has 9 nitrogen and oxygen atoms in total. The number of carbonyl (C=O) groups is 1. The molecule has 4 aliphatic rings. The second-order valence-corrected chi connectivity index (χ2v) is 8.70. The van der Waals surface area contributed by atoms with E-state index in [-0.39, 0.29) is 11.6 Å². The summed E-state index contributed by atoms with van der Waals surface area (Å²) in [5, 5.41) is 3.56. The Hall–Kier alpha value is -3.07. The number of H-pyrrole nitrogens is 1. The number of nitrogens with zero attached hydrogens (tertiary/aromatic N) is 4. The van der Waals surface area contributed by atoms with Gasteiger partial charge in [-0.3, -0.25) is 9.78 Å². The first kappa shape index (κ1) is 19.9. The Morgan fingerprint density at radius 1 is 1.13 bits per heavy atom. The van der Waals surface area contributed by atoms with E-state index >= 15 is 0 Å². The van der Waals surface area contributed by atoms with E-state index in [4.69, 9.17) is 0 Å². The fraction of sp³-hybridized carbons (Fsp3) is 0.500. The minimum Gasteiger partial charge on any atom is -0.382 e. The van der Waals surface area contributed by atoms with E-state index in [0.717, 1.165) is 55.5 Å². The Balaban J connectivity index is 1.57. The van der Waals surface area contributed by atoms with Gasteiger partial charge in [0.25, 0.3) is 5.56 Å². The lowest BCUT2D eigenvalue weighted by molar-refractivity contribution is -0.112. The van der Waals surface area contributed by atoms with Crippen LogP contribution in [-0.2, 0) is 11.3 Å². The lowest BCUT2D eigenvalue weighted by Crippen LogP contribution is -2.37. The number of aromatic amines is 1. The van der Waals surface area contributed by atoms with Gasteiger partial charge in [-0.05, 0) is 63.4 Å². The van der Waals surface area contributed by atoms with Crippen LogP contribution in [0.1, 0.15) is 31.2 Å². The second kappa shape index (κ2) is 7.88. The summed E-state index contributed by atoms with van der Waals surface area (Å²) in [5.41, 5.74) is 2.66. The molecule has 0 aromatic heterocycles. The van der Waals surface area contributed by atoms with Crippen LogP contribution in [0.3, 0.4) is 0 Å². The van der Waals surface area contributed by atoms with Crippen molar-refractivity contribution in [2.75, 3.05) is 25.0 Å². The fourth-order valence-corrected chi connectivity index (χ4v) is 4.33. The topological polar surface area (TPSA) is 113 Å². The van der Waals surface area contributed by atoms with Crippen molar-refractivity contribution in [2.45, 2.75) is 45.2 Å². The average Bonchev–Trinajstić information content (AvgIpc) is 3.57. The van der Waals surface area contributed by atoms with Crippen molar-refractivity contribution in [1.82, 2.24) is 24.4 Å². The fourth-order valence-electron chi connectivity index (χ4n) is 4.33. The van der Waals surface area contributed by atoms with Crippen LogP contribution in [-0.4, -0.2) is 56.4 Å². The Morgan fingerprint density at radius 2 is 1.90 bits per heavy atom. The van der Waals surface area contributed by atoms with E-state index in [9.17, 15) is 14.4 Å². The molecule has 5 rings (SSSR count). The number of aryl methyl sites for hydroxylation is 1. The molecule has 1 aromatic rings. The summed E-state index contributed by atoms with van der Waals surface area (Å²) < 4.78 is 1.94. The Labute approximate surface area is 178 Å². The first-order valence-electron chi connectivity index (χ1n) is 10.9. The van der Waals surface area contributed by atoms with Crippen molar-refractivity contribution in [3.8, 4) is 11.5 Å². The third-order valence-electron chi connectivity index (χ3n) is 6.36. The predicted octanol–water partition coefficient (Wildman–Crippen LogP) is 1.38. The maximum Gasteiger partial charge on any atom is 0.349 e. The van der Waals surface area contributed by atoms with Gasteiger partial charge in [0, 0.05) is 30.7 Å². The lowest BCUT2D eigenvalue weighted by Gasteiger charge is -2.30. The Kier molecular flexibility index (Phi) is 5.05. The number of benzene rings is 1. The van der Waals surface area contributed by atoms with Crippen LogP contribution in [0.5, 0.6) is 0 Å². The highest BCUT2D eigenvalue weighted by Crippen LogP contribution is 2.31. The summed E-state index contributed by atoms with van der Waals surface area (Å²) in [6.07, 6.45) is 5.12. The van der Waals surface area contributed by atoms with Crippen LogP contribution >= 0.6 is 0 Å². The maximum absolute atomic E-state index is 12.4. The number of anilines is 1. The lowest BCUT2D eigenvalue weighted by atomic mass is 9.99. The van der Waals surface area contributed by atoms with Gasteiger partial charge in [0.2, 0.25) is 0 Å². The minimum atomic E-state index is -0.664. The summed E-state index contributed by atoms with van der Waals surface area (Å²) in [7, 11) is 0. The number of hydrogen-bond donors (Lipinski definition) is 2. The van der Waals surface area contributed by atoms with E-state index < -0.39 is 11.2 Å². The molecule has 162 valence electrons. The molecular formula is C22H26N6O3. The van der Waals surface area contributed by atoms with E-state index in [0.29, 0.717) is 23.9 Å². The molecule has 1 aromatic carbocycles. The number of likely N-dealkylation sites (tertiary alicyclic amines) is 1. The van der Waals surface area contributed by atoms with Crippen LogP contribution in [0.25, 0.3) is 22.6 Å². The van der Waals surface area contributed by atoms with Crippen molar-refractivity contribution in [3.05, 3.63) is 38.5 Å². The number of fused-ring (bicyclic) bond motifs is 2. The van der Waals surface area contributed by atoms with Crippen molar-refractivity contribution in [3.63, 3.8) is 0 Å². The van der Waals surface area contributed by atoms with Gasteiger partial charge in [-0.2, -0.15) is 4.98 Å². The summed E-state index contributed by atoms with van der Waals surface area (Å²) in [6.45, 7) is 5.06. The number of rotatable bonds is 6. The Morgan fingerprint density at radius 3 is 2.61 bits per heavy atom. The molecule has 0 unspecified atom stereocenters. The highest BCUT2D eigenvalue weighted by Gasteiger charge is 2.24. The molecule has 0 bridgehead atoms. The number of piperidine rings is 1. The normalized spacial score (nSPS) is 18.0. The largest absolute Gasteiger partial charge is 0.382 e. The number of nitrogens with one attached hydrogen (secondary N) is 2. The summed E-state index contributed by atoms with van der Waals surface area (Å²) >= 11 is 0. The molecule has 0 spiro atoms. The molecular weight excluding hydrogens is 396 g/mol. The first-order valence-corrected chi connectivity index (χ1v) is 10.9. The van der Waals surface area contributed by atoms with Gasteiger partial charge >= 0.3 is 5.69 Å². The number of aromatic nitrogens is 4. The highest BCUT2D eigenvalue weighted by molar-refractivity contribution is 5.84. The smallest absolute Gasteiger partial charge is 0.349 e. The number of carbonyl (C=O) groups excluding carboxylic acids is 1. The Bertz CT molecular complexity index is 1220. The predicted molar refractivity (Wildman–Crippen MR) is 118 cm³/mol. The molecule has 9 heteroatoms. The van der Waals surface area contributed by atoms with Gasteiger partial charge in [0.1, 0.15) is 6.29 Å². The van der Waals surface area contributed by atoms with Gasteiger partial charge in [0.05, 0.1) is 11.0 Å². The van der Waals surface area contributed by atoms with Crippen LogP contribution < -0.4 is 16.6 Å². The third kappa shape index (κ3) is 3.97. The molecule has 0 amide bonds. The van der Waals surface area contributed by atoms with Gasteiger partial charge in [-0.1, -0.05) is 0 Å². The van der Waals surface area contributed by atoms with E-state index in [2.05, 4.69) is 31.2 Å². The summed E-state index contributed by atoms with van der Waals surface area (Å²) in [5.74, 6) is 0.457. The molecule has 3 heterocycles. The van der Waals surface area contributed by atoms with Crippen LogP contribution in [0.15, 0.2) is 21.7 Å². The summed E-state index contributed by atoms with van der Waals surface area (Å²) in [6, 6.07) is 4.55. The summed E-state index contributed by atoms with van der Waals surface area (Å²) in [4.78, 5) is 48.7. The molecule has 0 radical (unpaired) electrons. The first-order chi connectivity index (χ1) is 15.0. The molecule has 1 saturated carbocycles.